The van der Waals surface area contributed by atoms with Crippen molar-refractivity contribution in [3.8, 4) is 0 Å². The standard InChI is InChI=1S/C12H12Cl2O4S/c13-9-3-2-8(5-10(9)14)19(17)6-7-1-4-11(18-7)12(15)16/h2-3,5,7,11H,1,4,6H2,(H,15,16). The van der Waals surface area contributed by atoms with Gasteiger partial charge in [0.15, 0.2) is 6.10 Å². The summed E-state index contributed by atoms with van der Waals surface area (Å²) in [5.41, 5.74) is 0. The van der Waals surface area contributed by atoms with E-state index in [4.69, 9.17) is 33.0 Å². The second-order valence-electron chi connectivity index (χ2n) is 4.25. The van der Waals surface area contributed by atoms with E-state index in [2.05, 4.69) is 0 Å². The third-order valence-corrected chi connectivity index (χ3v) is 5.07. The maximum absolute atomic E-state index is 12.1. The Bertz CT molecular complexity index is 520. The van der Waals surface area contributed by atoms with Gasteiger partial charge in [0.05, 0.1) is 32.7 Å². The maximum Gasteiger partial charge on any atom is 0.332 e. The second kappa shape index (κ2) is 6.22. The second-order valence-corrected chi connectivity index (χ2v) is 6.56. The monoisotopic (exact) mass is 322 g/mol. The zero-order valence-corrected chi connectivity index (χ0v) is 12.2. The summed E-state index contributed by atoms with van der Waals surface area (Å²) in [6.45, 7) is 0. The molecule has 2 rings (SSSR count). The quantitative estimate of drug-likeness (QED) is 0.925. The molecule has 104 valence electrons. The van der Waals surface area contributed by atoms with Crippen LogP contribution in [0.3, 0.4) is 0 Å². The molecule has 4 nitrogen and oxygen atoms in total. The number of hydrogen-bond donors (Lipinski definition) is 1. The SMILES string of the molecule is O=C(O)C1CCC(CS(=O)c2ccc(Cl)c(Cl)c2)O1. The van der Waals surface area contributed by atoms with Gasteiger partial charge in [-0.2, -0.15) is 0 Å². The van der Waals surface area contributed by atoms with E-state index in [1.807, 2.05) is 0 Å². The molecule has 1 aliphatic heterocycles. The van der Waals surface area contributed by atoms with Gasteiger partial charge in [0.25, 0.3) is 0 Å². The summed E-state index contributed by atoms with van der Waals surface area (Å²) in [6, 6.07) is 4.80. The number of benzene rings is 1. The molecule has 19 heavy (non-hydrogen) atoms. The number of carbonyl (C=O) groups is 1. The maximum atomic E-state index is 12.1. The van der Waals surface area contributed by atoms with Crippen LogP contribution >= 0.6 is 23.2 Å². The largest absolute Gasteiger partial charge is 0.479 e. The Kier molecular flexibility index (Phi) is 4.84. The molecule has 0 bridgehead atoms. The topological polar surface area (TPSA) is 63.6 Å². The van der Waals surface area contributed by atoms with Crippen molar-refractivity contribution in [1.82, 2.24) is 0 Å². The highest BCUT2D eigenvalue weighted by molar-refractivity contribution is 7.85. The molecule has 3 unspecified atom stereocenters. The summed E-state index contributed by atoms with van der Waals surface area (Å²) in [4.78, 5) is 11.3. The first kappa shape index (κ1) is 14.8. The van der Waals surface area contributed by atoms with E-state index in [1.165, 1.54) is 0 Å². The zero-order valence-electron chi connectivity index (χ0n) is 9.84. The van der Waals surface area contributed by atoms with Crippen molar-refractivity contribution in [2.45, 2.75) is 29.9 Å². The van der Waals surface area contributed by atoms with Crippen molar-refractivity contribution in [1.29, 1.82) is 0 Å². The molecule has 7 heteroatoms. The van der Waals surface area contributed by atoms with Crippen LogP contribution in [-0.4, -0.2) is 33.2 Å². The van der Waals surface area contributed by atoms with Crippen molar-refractivity contribution < 1.29 is 18.8 Å². The summed E-state index contributed by atoms with van der Waals surface area (Å²) in [5, 5.41) is 9.57. The molecule has 3 atom stereocenters. The fourth-order valence-electron chi connectivity index (χ4n) is 1.89. The van der Waals surface area contributed by atoms with Crippen LogP contribution in [0.5, 0.6) is 0 Å². The number of aliphatic carboxylic acids is 1. The molecular formula is C12H12Cl2O4S. The minimum atomic E-state index is -1.28. The van der Waals surface area contributed by atoms with Gasteiger partial charge < -0.3 is 9.84 Å². The highest BCUT2D eigenvalue weighted by atomic mass is 35.5. The first-order valence-electron chi connectivity index (χ1n) is 5.69. The molecule has 1 aromatic carbocycles. The van der Waals surface area contributed by atoms with Gasteiger partial charge in [-0.15, -0.1) is 0 Å². The molecule has 0 aromatic heterocycles. The van der Waals surface area contributed by atoms with E-state index < -0.39 is 22.9 Å². The van der Waals surface area contributed by atoms with Crippen LogP contribution < -0.4 is 0 Å². The first-order valence-corrected chi connectivity index (χ1v) is 7.76. The van der Waals surface area contributed by atoms with Crippen molar-refractivity contribution in [3.63, 3.8) is 0 Å². The number of carboxylic acid groups (broad SMARTS) is 1. The third-order valence-electron chi connectivity index (χ3n) is 2.87. The molecule has 0 spiro atoms. The van der Waals surface area contributed by atoms with Crippen LogP contribution in [0.4, 0.5) is 0 Å². The van der Waals surface area contributed by atoms with Crippen molar-refractivity contribution >= 4 is 40.0 Å². The Morgan fingerprint density at radius 3 is 2.68 bits per heavy atom. The average Bonchev–Trinajstić information content (AvgIpc) is 2.81. The van der Waals surface area contributed by atoms with Gasteiger partial charge in [-0.3, -0.25) is 4.21 Å². The zero-order chi connectivity index (χ0) is 14.0. The summed E-state index contributed by atoms with van der Waals surface area (Å²) >= 11 is 11.7. The summed E-state index contributed by atoms with van der Waals surface area (Å²) < 4.78 is 17.4. The number of carboxylic acids is 1. The van der Waals surface area contributed by atoms with Crippen LogP contribution in [0.1, 0.15) is 12.8 Å². The molecule has 1 saturated heterocycles. The van der Waals surface area contributed by atoms with Crippen molar-refractivity contribution in [2.24, 2.45) is 0 Å². The molecule has 0 aliphatic carbocycles. The van der Waals surface area contributed by atoms with E-state index in [9.17, 15) is 9.00 Å². The molecule has 0 amide bonds. The Morgan fingerprint density at radius 2 is 2.11 bits per heavy atom. The predicted octanol–water partition coefficient (Wildman–Crippen LogP) is 2.73. The fraction of sp³-hybridized carbons (Fsp3) is 0.417. The van der Waals surface area contributed by atoms with Crippen LogP contribution in [0.2, 0.25) is 10.0 Å². The molecule has 0 saturated carbocycles. The summed E-state index contributed by atoms with van der Waals surface area (Å²) in [6.07, 6.45) is -0.0185. The predicted molar refractivity (Wildman–Crippen MR) is 73.3 cm³/mol. The summed E-state index contributed by atoms with van der Waals surface area (Å²) in [5.74, 6) is -0.704. The lowest BCUT2D eigenvalue weighted by molar-refractivity contribution is -0.148. The van der Waals surface area contributed by atoms with E-state index in [0.717, 1.165) is 0 Å². The molecule has 1 heterocycles. The number of ether oxygens (including phenoxy) is 1. The Morgan fingerprint density at radius 1 is 1.37 bits per heavy atom. The van der Waals surface area contributed by atoms with Gasteiger partial charge in [-0.05, 0) is 31.0 Å². The number of hydrogen-bond acceptors (Lipinski definition) is 3. The van der Waals surface area contributed by atoms with E-state index in [1.54, 1.807) is 18.2 Å². The smallest absolute Gasteiger partial charge is 0.332 e. The van der Waals surface area contributed by atoms with Crippen molar-refractivity contribution in [3.05, 3.63) is 28.2 Å². The molecular weight excluding hydrogens is 311 g/mol. The third kappa shape index (κ3) is 3.69. The Labute approximate surface area is 123 Å². The van der Waals surface area contributed by atoms with Crippen LogP contribution in [0, 0.1) is 0 Å². The molecule has 0 radical (unpaired) electrons. The Balaban J connectivity index is 1.98. The normalized spacial score (nSPS) is 24.3. The molecule has 1 aromatic rings. The lowest BCUT2D eigenvalue weighted by Gasteiger charge is -2.11. The fourth-order valence-corrected chi connectivity index (χ4v) is 3.50. The molecule has 1 N–H and O–H groups in total. The lowest BCUT2D eigenvalue weighted by Crippen LogP contribution is -2.23. The molecule has 1 aliphatic rings. The van der Waals surface area contributed by atoms with Crippen molar-refractivity contribution in [2.75, 3.05) is 5.75 Å². The minimum absolute atomic E-state index is 0.266. The number of rotatable bonds is 4. The van der Waals surface area contributed by atoms with E-state index in [-0.39, 0.29) is 11.9 Å². The molecule has 1 fully saturated rings. The highest BCUT2D eigenvalue weighted by Crippen LogP contribution is 2.26. The van der Waals surface area contributed by atoms with E-state index >= 15 is 0 Å². The van der Waals surface area contributed by atoms with Gasteiger partial charge in [0, 0.05) is 4.90 Å². The van der Waals surface area contributed by atoms with Gasteiger partial charge in [0.1, 0.15) is 0 Å². The average molecular weight is 323 g/mol. The first-order chi connectivity index (χ1) is 8.97. The van der Waals surface area contributed by atoms with Crippen LogP contribution in [0.25, 0.3) is 0 Å². The van der Waals surface area contributed by atoms with Crippen LogP contribution in [-0.2, 0) is 20.3 Å². The van der Waals surface area contributed by atoms with Gasteiger partial charge in [-0.25, -0.2) is 4.79 Å². The van der Waals surface area contributed by atoms with E-state index in [0.29, 0.717) is 27.8 Å². The minimum Gasteiger partial charge on any atom is -0.479 e. The Hall–Kier alpha value is -0.620. The number of halogens is 2. The van der Waals surface area contributed by atoms with Gasteiger partial charge in [-0.1, -0.05) is 23.2 Å². The summed E-state index contributed by atoms with van der Waals surface area (Å²) in [7, 11) is -1.28. The lowest BCUT2D eigenvalue weighted by atomic mass is 10.2. The van der Waals surface area contributed by atoms with Crippen LogP contribution in [0.15, 0.2) is 23.1 Å². The van der Waals surface area contributed by atoms with Gasteiger partial charge >= 0.3 is 5.97 Å². The highest BCUT2D eigenvalue weighted by Gasteiger charge is 2.31. The van der Waals surface area contributed by atoms with Gasteiger partial charge in [0.2, 0.25) is 0 Å².